The van der Waals surface area contributed by atoms with Crippen LogP contribution < -0.4 is 5.56 Å². The van der Waals surface area contributed by atoms with Gasteiger partial charge in [-0.1, -0.05) is 11.8 Å². The molecule has 7 nitrogen and oxygen atoms in total. The molecule has 1 aliphatic heterocycles. The van der Waals surface area contributed by atoms with Gasteiger partial charge < -0.3 is 14.6 Å². The van der Waals surface area contributed by atoms with Gasteiger partial charge in [-0.05, 0) is 13.0 Å². The molecule has 2 N–H and O–H groups in total. The van der Waals surface area contributed by atoms with Crippen LogP contribution in [0.3, 0.4) is 0 Å². The lowest BCUT2D eigenvalue weighted by Gasteiger charge is -2.26. The van der Waals surface area contributed by atoms with E-state index in [4.69, 9.17) is 4.74 Å². The minimum absolute atomic E-state index is 0.0382. The second kappa shape index (κ2) is 5.90. The van der Waals surface area contributed by atoms with Gasteiger partial charge in [-0.2, -0.15) is 0 Å². The predicted octanol–water partition coefficient (Wildman–Crippen LogP) is 0.511. The van der Waals surface area contributed by atoms with Gasteiger partial charge in [0.1, 0.15) is 5.52 Å². The van der Waals surface area contributed by atoms with Crippen molar-refractivity contribution in [2.45, 2.75) is 12.1 Å². The molecule has 0 saturated carbocycles. The van der Waals surface area contributed by atoms with Gasteiger partial charge in [-0.3, -0.25) is 14.6 Å². The number of ether oxygens (including phenoxy) is 1. The van der Waals surface area contributed by atoms with Crippen molar-refractivity contribution >= 4 is 28.7 Å². The van der Waals surface area contributed by atoms with Crippen LogP contribution >= 0.6 is 11.8 Å². The van der Waals surface area contributed by atoms with Gasteiger partial charge in [-0.15, -0.1) is 0 Å². The van der Waals surface area contributed by atoms with Gasteiger partial charge in [0.15, 0.2) is 5.16 Å². The normalized spacial score (nSPS) is 15.6. The molecule has 2 aromatic heterocycles. The predicted molar refractivity (Wildman–Crippen MR) is 79.6 cm³/mol. The van der Waals surface area contributed by atoms with E-state index in [0.29, 0.717) is 42.5 Å². The number of aromatic nitrogens is 3. The highest BCUT2D eigenvalue weighted by atomic mass is 32.2. The van der Waals surface area contributed by atoms with Crippen LogP contribution in [0.2, 0.25) is 0 Å². The van der Waals surface area contributed by atoms with Crippen LogP contribution in [0.15, 0.2) is 16.0 Å². The standard InChI is InChI=1S/C13H16N4O3S/c1-8-6-9-11(14-8)12(19)16-13(15-9)21-7-10(18)17-2-4-20-5-3-17/h6,14H,2-5,7H2,1H3,(H,15,16,19). The van der Waals surface area contributed by atoms with Gasteiger partial charge in [0.2, 0.25) is 5.91 Å². The number of hydrogen-bond donors (Lipinski definition) is 2. The summed E-state index contributed by atoms with van der Waals surface area (Å²) in [7, 11) is 0. The third-order valence-corrected chi connectivity index (χ3v) is 4.16. The molecule has 0 aromatic carbocycles. The lowest BCUT2D eigenvalue weighted by Crippen LogP contribution is -2.41. The average molecular weight is 308 g/mol. The summed E-state index contributed by atoms with van der Waals surface area (Å²) in [6, 6.07) is 1.82. The Labute approximate surface area is 125 Å². The minimum atomic E-state index is -0.213. The van der Waals surface area contributed by atoms with Gasteiger partial charge in [0.25, 0.3) is 5.56 Å². The fourth-order valence-electron chi connectivity index (χ4n) is 2.24. The summed E-state index contributed by atoms with van der Waals surface area (Å²) in [5, 5.41) is 0.466. The molecule has 3 rings (SSSR count). The number of thioether (sulfide) groups is 1. The molecular weight excluding hydrogens is 292 g/mol. The molecule has 3 heterocycles. The number of nitrogens with zero attached hydrogens (tertiary/aromatic N) is 2. The van der Waals surface area contributed by atoms with Crippen molar-refractivity contribution in [2.24, 2.45) is 0 Å². The number of fused-ring (bicyclic) bond motifs is 1. The quantitative estimate of drug-likeness (QED) is 0.637. The van der Waals surface area contributed by atoms with E-state index in [2.05, 4.69) is 15.0 Å². The maximum atomic E-state index is 12.0. The number of carbonyl (C=O) groups excluding carboxylic acids is 1. The monoisotopic (exact) mass is 308 g/mol. The first kappa shape index (κ1) is 14.2. The van der Waals surface area contributed by atoms with Crippen LogP contribution in [-0.2, 0) is 9.53 Å². The molecule has 1 amide bonds. The van der Waals surface area contributed by atoms with E-state index in [9.17, 15) is 9.59 Å². The van der Waals surface area contributed by atoms with Crippen molar-refractivity contribution in [3.8, 4) is 0 Å². The second-order valence-corrected chi connectivity index (χ2v) is 5.83. The van der Waals surface area contributed by atoms with Gasteiger partial charge >= 0.3 is 0 Å². The number of nitrogens with one attached hydrogen (secondary N) is 2. The minimum Gasteiger partial charge on any atom is -0.378 e. The summed E-state index contributed by atoms with van der Waals surface area (Å²) in [6.45, 7) is 4.29. The molecule has 1 fully saturated rings. The van der Waals surface area contributed by atoms with Crippen molar-refractivity contribution in [3.05, 3.63) is 22.1 Å². The molecule has 2 aromatic rings. The maximum Gasteiger partial charge on any atom is 0.275 e. The van der Waals surface area contributed by atoms with Crippen molar-refractivity contribution in [3.63, 3.8) is 0 Å². The van der Waals surface area contributed by atoms with Crippen LogP contribution in [-0.4, -0.2) is 57.8 Å². The summed E-state index contributed by atoms with van der Waals surface area (Å²) < 4.78 is 5.21. The zero-order chi connectivity index (χ0) is 14.8. The Bertz CT molecular complexity index is 718. The number of amides is 1. The third kappa shape index (κ3) is 3.11. The van der Waals surface area contributed by atoms with E-state index < -0.39 is 0 Å². The van der Waals surface area contributed by atoms with Crippen LogP contribution in [0.1, 0.15) is 5.69 Å². The largest absolute Gasteiger partial charge is 0.378 e. The molecule has 1 aliphatic rings. The van der Waals surface area contributed by atoms with Crippen LogP contribution in [0.5, 0.6) is 0 Å². The first-order valence-corrected chi connectivity index (χ1v) is 7.70. The lowest BCUT2D eigenvalue weighted by molar-refractivity contribution is -0.132. The zero-order valence-corrected chi connectivity index (χ0v) is 12.5. The first-order chi connectivity index (χ1) is 10.1. The highest BCUT2D eigenvalue weighted by Crippen LogP contribution is 2.16. The van der Waals surface area contributed by atoms with Crippen LogP contribution in [0, 0.1) is 6.92 Å². The highest BCUT2D eigenvalue weighted by Gasteiger charge is 2.17. The summed E-state index contributed by atoms with van der Waals surface area (Å²) in [6.07, 6.45) is 0. The summed E-state index contributed by atoms with van der Waals surface area (Å²) in [5.74, 6) is 0.300. The van der Waals surface area contributed by atoms with Crippen molar-refractivity contribution < 1.29 is 9.53 Å². The van der Waals surface area contributed by atoms with Crippen LogP contribution in [0.4, 0.5) is 0 Å². The average Bonchev–Trinajstić information content (AvgIpc) is 2.87. The molecule has 1 saturated heterocycles. The van der Waals surface area contributed by atoms with Crippen molar-refractivity contribution in [2.75, 3.05) is 32.1 Å². The Kier molecular flexibility index (Phi) is 3.98. The van der Waals surface area contributed by atoms with E-state index in [0.717, 1.165) is 5.69 Å². The Balaban J connectivity index is 1.70. The maximum absolute atomic E-state index is 12.0. The van der Waals surface area contributed by atoms with Crippen molar-refractivity contribution in [1.82, 2.24) is 19.9 Å². The number of carbonyl (C=O) groups is 1. The molecule has 0 radical (unpaired) electrons. The molecule has 0 unspecified atom stereocenters. The molecule has 21 heavy (non-hydrogen) atoms. The molecule has 0 atom stereocenters. The second-order valence-electron chi connectivity index (χ2n) is 4.87. The van der Waals surface area contributed by atoms with Crippen LogP contribution in [0.25, 0.3) is 11.0 Å². The number of hydrogen-bond acceptors (Lipinski definition) is 5. The van der Waals surface area contributed by atoms with E-state index in [1.54, 1.807) is 4.90 Å². The molecule has 8 heteroatoms. The van der Waals surface area contributed by atoms with E-state index in [1.165, 1.54) is 11.8 Å². The molecule has 112 valence electrons. The SMILES string of the molecule is Cc1cc2nc(SCC(=O)N3CCOCC3)[nH]c(=O)c2[nH]1. The van der Waals surface area contributed by atoms with Gasteiger partial charge in [0.05, 0.1) is 24.5 Å². The van der Waals surface area contributed by atoms with E-state index in [-0.39, 0.29) is 17.2 Å². The Hall–Kier alpha value is -1.80. The highest BCUT2D eigenvalue weighted by molar-refractivity contribution is 7.99. The number of H-pyrrole nitrogens is 2. The number of aryl methyl sites for hydroxylation is 1. The number of aromatic amines is 2. The fourth-order valence-corrected chi connectivity index (χ4v) is 3.01. The first-order valence-electron chi connectivity index (χ1n) is 6.71. The Morgan fingerprint density at radius 3 is 2.95 bits per heavy atom. The summed E-state index contributed by atoms with van der Waals surface area (Å²) in [5.41, 5.74) is 1.76. The van der Waals surface area contributed by atoms with Crippen molar-refractivity contribution in [1.29, 1.82) is 0 Å². The molecule has 0 aliphatic carbocycles. The smallest absolute Gasteiger partial charge is 0.275 e. The summed E-state index contributed by atoms with van der Waals surface area (Å²) in [4.78, 5) is 35.7. The molecular formula is C13H16N4O3S. The fraction of sp³-hybridized carbons (Fsp3) is 0.462. The van der Waals surface area contributed by atoms with E-state index in [1.807, 2.05) is 13.0 Å². The molecule has 0 spiro atoms. The number of rotatable bonds is 3. The summed E-state index contributed by atoms with van der Waals surface area (Å²) >= 11 is 1.25. The van der Waals surface area contributed by atoms with Gasteiger partial charge in [-0.25, -0.2) is 4.98 Å². The lowest BCUT2D eigenvalue weighted by atomic mass is 10.4. The van der Waals surface area contributed by atoms with Gasteiger partial charge in [0, 0.05) is 18.8 Å². The molecule has 0 bridgehead atoms. The van der Waals surface area contributed by atoms with E-state index >= 15 is 0 Å². The Morgan fingerprint density at radius 2 is 2.19 bits per heavy atom. The Morgan fingerprint density at radius 1 is 1.43 bits per heavy atom. The zero-order valence-electron chi connectivity index (χ0n) is 11.6. The number of morpholine rings is 1. The topological polar surface area (TPSA) is 91.1 Å². The third-order valence-electron chi connectivity index (χ3n) is 3.30.